The van der Waals surface area contributed by atoms with Crippen molar-refractivity contribution >= 4 is 11.8 Å². The van der Waals surface area contributed by atoms with Crippen LogP contribution in [0.1, 0.15) is 16.7 Å². The summed E-state index contributed by atoms with van der Waals surface area (Å²) in [6.45, 7) is 1.29. The van der Waals surface area contributed by atoms with E-state index in [0.717, 1.165) is 16.5 Å². The Morgan fingerprint density at radius 1 is 1.10 bits per heavy atom. The zero-order valence-electron chi connectivity index (χ0n) is 10.7. The van der Waals surface area contributed by atoms with E-state index in [1.165, 1.54) is 17.8 Å². The minimum Gasteiger partial charge on any atom is -0.392 e. The molecule has 0 aliphatic heterocycles. The van der Waals surface area contributed by atoms with Crippen LogP contribution in [0.4, 0.5) is 13.2 Å². The van der Waals surface area contributed by atoms with Crippen molar-refractivity contribution < 1.29 is 18.3 Å². The van der Waals surface area contributed by atoms with E-state index in [2.05, 4.69) is 0 Å². The number of aliphatic hydroxyl groups excluding tert-OH is 1. The number of hydrogen-bond donors (Lipinski definition) is 1. The summed E-state index contributed by atoms with van der Waals surface area (Å²) in [6.07, 6.45) is -4.46. The Morgan fingerprint density at radius 2 is 1.80 bits per heavy atom. The van der Waals surface area contributed by atoms with E-state index in [4.69, 9.17) is 5.11 Å². The SMILES string of the molecule is Cc1ccccc1Sc1ccc(CO)c(C(F)(F)F)c1. The normalized spacial score (nSPS) is 11.7. The average Bonchev–Trinajstić information content (AvgIpc) is 2.40. The predicted octanol–water partition coefficient (Wildman–Crippen LogP) is 4.66. The molecule has 0 spiro atoms. The van der Waals surface area contributed by atoms with Crippen molar-refractivity contribution in [2.75, 3.05) is 0 Å². The molecule has 0 fully saturated rings. The maximum atomic E-state index is 12.9. The van der Waals surface area contributed by atoms with Crippen molar-refractivity contribution in [2.24, 2.45) is 0 Å². The smallest absolute Gasteiger partial charge is 0.392 e. The van der Waals surface area contributed by atoms with Crippen LogP contribution in [0.3, 0.4) is 0 Å². The fourth-order valence-corrected chi connectivity index (χ4v) is 2.76. The average molecular weight is 298 g/mol. The Kier molecular flexibility index (Phi) is 4.40. The second-order valence-electron chi connectivity index (χ2n) is 4.34. The fourth-order valence-electron chi connectivity index (χ4n) is 1.82. The van der Waals surface area contributed by atoms with E-state index in [-0.39, 0.29) is 5.56 Å². The number of halogens is 3. The summed E-state index contributed by atoms with van der Waals surface area (Å²) in [5, 5.41) is 9.00. The van der Waals surface area contributed by atoms with Crippen molar-refractivity contribution in [1.82, 2.24) is 0 Å². The zero-order valence-corrected chi connectivity index (χ0v) is 11.6. The molecular weight excluding hydrogens is 285 g/mol. The van der Waals surface area contributed by atoms with Crippen molar-refractivity contribution in [3.8, 4) is 0 Å². The van der Waals surface area contributed by atoms with Gasteiger partial charge in [-0.05, 0) is 36.2 Å². The highest BCUT2D eigenvalue weighted by molar-refractivity contribution is 7.99. The first-order valence-corrected chi connectivity index (χ1v) is 6.78. The van der Waals surface area contributed by atoms with Gasteiger partial charge < -0.3 is 5.11 Å². The lowest BCUT2D eigenvalue weighted by molar-refractivity contribution is -0.138. The molecular formula is C15H13F3OS. The summed E-state index contributed by atoms with van der Waals surface area (Å²) in [6, 6.07) is 11.5. The van der Waals surface area contributed by atoms with Crippen molar-refractivity contribution in [3.63, 3.8) is 0 Å². The van der Waals surface area contributed by atoms with Gasteiger partial charge in [0.1, 0.15) is 0 Å². The lowest BCUT2D eigenvalue weighted by Crippen LogP contribution is -2.09. The molecule has 0 radical (unpaired) electrons. The summed E-state index contributed by atoms with van der Waals surface area (Å²) in [5.74, 6) is 0. The molecule has 0 heterocycles. The van der Waals surface area contributed by atoms with Crippen molar-refractivity contribution in [3.05, 3.63) is 59.2 Å². The number of alkyl halides is 3. The molecule has 0 aromatic heterocycles. The Labute approximate surface area is 119 Å². The fraction of sp³-hybridized carbons (Fsp3) is 0.200. The van der Waals surface area contributed by atoms with Gasteiger partial charge in [0.15, 0.2) is 0 Å². The van der Waals surface area contributed by atoms with Crippen LogP contribution < -0.4 is 0 Å². The number of aryl methyl sites for hydroxylation is 1. The molecule has 2 aromatic rings. The van der Waals surface area contributed by atoms with E-state index < -0.39 is 18.3 Å². The standard InChI is InChI=1S/C15H13F3OS/c1-10-4-2-3-5-14(10)20-12-7-6-11(9-19)13(8-12)15(16,17)18/h2-8,19H,9H2,1H3. The van der Waals surface area contributed by atoms with Gasteiger partial charge in [-0.25, -0.2) is 0 Å². The third kappa shape index (κ3) is 3.35. The summed E-state index contributed by atoms with van der Waals surface area (Å²) in [4.78, 5) is 1.42. The number of benzene rings is 2. The number of hydrogen-bond acceptors (Lipinski definition) is 2. The molecule has 0 aliphatic carbocycles. The number of rotatable bonds is 3. The van der Waals surface area contributed by atoms with Crippen LogP contribution in [0.2, 0.25) is 0 Å². The topological polar surface area (TPSA) is 20.2 Å². The molecule has 0 saturated heterocycles. The maximum absolute atomic E-state index is 12.9. The largest absolute Gasteiger partial charge is 0.416 e. The molecule has 2 rings (SSSR count). The molecule has 0 saturated carbocycles. The highest BCUT2D eigenvalue weighted by Gasteiger charge is 2.33. The molecule has 0 aliphatic rings. The minimum atomic E-state index is -4.46. The minimum absolute atomic E-state index is 0.105. The van der Waals surface area contributed by atoms with Gasteiger partial charge in [0.2, 0.25) is 0 Å². The van der Waals surface area contributed by atoms with E-state index >= 15 is 0 Å². The summed E-state index contributed by atoms with van der Waals surface area (Å²) < 4.78 is 38.7. The lowest BCUT2D eigenvalue weighted by atomic mass is 10.1. The van der Waals surface area contributed by atoms with Crippen LogP contribution in [-0.2, 0) is 12.8 Å². The lowest BCUT2D eigenvalue weighted by Gasteiger charge is -2.13. The Balaban J connectivity index is 2.37. The van der Waals surface area contributed by atoms with Crippen LogP contribution in [-0.4, -0.2) is 5.11 Å². The third-order valence-electron chi connectivity index (χ3n) is 2.88. The highest BCUT2D eigenvalue weighted by Crippen LogP contribution is 2.37. The van der Waals surface area contributed by atoms with Gasteiger partial charge in [0.25, 0.3) is 0 Å². The van der Waals surface area contributed by atoms with Gasteiger partial charge in [-0.1, -0.05) is 36.0 Å². The molecule has 5 heteroatoms. The van der Waals surface area contributed by atoms with Crippen LogP contribution >= 0.6 is 11.8 Å². The van der Waals surface area contributed by atoms with E-state index in [1.54, 1.807) is 6.07 Å². The van der Waals surface area contributed by atoms with Crippen molar-refractivity contribution in [2.45, 2.75) is 29.5 Å². The van der Waals surface area contributed by atoms with E-state index in [0.29, 0.717) is 4.90 Å². The highest BCUT2D eigenvalue weighted by atomic mass is 32.2. The zero-order chi connectivity index (χ0) is 14.8. The quantitative estimate of drug-likeness (QED) is 0.889. The van der Waals surface area contributed by atoms with Gasteiger partial charge in [0.05, 0.1) is 12.2 Å². The van der Waals surface area contributed by atoms with Gasteiger partial charge in [-0.2, -0.15) is 13.2 Å². The van der Waals surface area contributed by atoms with Gasteiger partial charge in [-0.3, -0.25) is 0 Å². The first kappa shape index (κ1) is 14.9. The second kappa shape index (κ2) is 5.89. The Bertz CT molecular complexity index is 608. The number of aliphatic hydroxyl groups is 1. The van der Waals surface area contributed by atoms with E-state index in [1.807, 2.05) is 31.2 Å². The van der Waals surface area contributed by atoms with Crippen LogP contribution in [0.25, 0.3) is 0 Å². The first-order valence-electron chi connectivity index (χ1n) is 5.96. The summed E-state index contributed by atoms with van der Waals surface area (Å²) >= 11 is 1.28. The van der Waals surface area contributed by atoms with Crippen LogP contribution in [0.15, 0.2) is 52.3 Å². The van der Waals surface area contributed by atoms with Crippen LogP contribution in [0, 0.1) is 6.92 Å². The molecule has 0 amide bonds. The Morgan fingerprint density at radius 3 is 2.40 bits per heavy atom. The molecule has 1 N–H and O–H groups in total. The molecule has 20 heavy (non-hydrogen) atoms. The molecule has 0 bridgehead atoms. The van der Waals surface area contributed by atoms with Crippen LogP contribution in [0.5, 0.6) is 0 Å². The van der Waals surface area contributed by atoms with E-state index in [9.17, 15) is 13.2 Å². The van der Waals surface area contributed by atoms with Gasteiger partial charge in [0, 0.05) is 9.79 Å². The summed E-state index contributed by atoms with van der Waals surface area (Å²) in [7, 11) is 0. The predicted molar refractivity (Wildman–Crippen MR) is 72.7 cm³/mol. The Hall–Kier alpha value is -1.46. The molecule has 0 unspecified atom stereocenters. The van der Waals surface area contributed by atoms with Gasteiger partial charge in [-0.15, -0.1) is 0 Å². The molecule has 1 nitrogen and oxygen atoms in total. The van der Waals surface area contributed by atoms with Gasteiger partial charge >= 0.3 is 6.18 Å². The molecule has 0 atom stereocenters. The van der Waals surface area contributed by atoms with Crippen molar-refractivity contribution in [1.29, 1.82) is 0 Å². The third-order valence-corrected chi connectivity index (χ3v) is 4.05. The molecule has 106 valence electrons. The first-order chi connectivity index (χ1) is 9.41. The maximum Gasteiger partial charge on any atom is 0.416 e. The summed E-state index contributed by atoms with van der Waals surface area (Å²) in [5.41, 5.74) is 0.127. The second-order valence-corrected chi connectivity index (χ2v) is 5.46. The monoisotopic (exact) mass is 298 g/mol. The molecule has 2 aromatic carbocycles.